The van der Waals surface area contributed by atoms with Crippen LogP contribution in [-0.2, 0) is 6.61 Å². The van der Waals surface area contributed by atoms with Crippen LogP contribution in [0.4, 0.5) is 10.5 Å². The lowest BCUT2D eigenvalue weighted by Gasteiger charge is -2.19. The van der Waals surface area contributed by atoms with E-state index in [0.717, 1.165) is 21.9 Å². The van der Waals surface area contributed by atoms with Crippen molar-refractivity contribution in [1.82, 2.24) is 5.43 Å². The normalized spacial score (nSPS) is 10.2. The second kappa shape index (κ2) is 6.93. The average Bonchev–Trinajstić information content (AvgIpc) is 2.53. The summed E-state index contributed by atoms with van der Waals surface area (Å²) in [6, 6.07) is 12.6. The smallest absolute Gasteiger partial charge is 0.350 e. The predicted molar refractivity (Wildman–Crippen MR) is 86.1 cm³/mol. The molecule has 0 bridgehead atoms. The van der Waals surface area contributed by atoms with Crippen molar-refractivity contribution < 1.29 is 9.53 Å². The molecule has 6 heteroatoms. The highest BCUT2D eigenvalue weighted by Crippen LogP contribution is 2.23. The van der Waals surface area contributed by atoms with Gasteiger partial charge >= 0.3 is 6.03 Å². The number of urea groups is 1. The molecule has 0 fully saturated rings. The Morgan fingerprint density at radius 2 is 1.95 bits per heavy atom. The van der Waals surface area contributed by atoms with Gasteiger partial charge in [0, 0.05) is 5.56 Å². The Balaban J connectivity index is 2.18. The Hall–Kier alpha value is -2.57. The minimum Gasteiger partial charge on any atom is -0.489 e. The first-order chi connectivity index (χ1) is 10.5. The molecule has 2 aromatic rings. The largest absolute Gasteiger partial charge is 0.489 e. The van der Waals surface area contributed by atoms with Gasteiger partial charge in [0.25, 0.3) is 0 Å². The maximum absolute atomic E-state index is 11.6. The summed E-state index contributed by atoms with van der Waals surface area (Å²) in [7, 11) is 0. The third-order valence-electron chi connectivity index (χ3n) is 3.31. The topological polar surface area (TPSA) is 93.6 Å². The van der Waals surface area contributed by atoms with Crippen LogP contribution in [0.3, 0.4) is 0 Å². The van der Waals surface area contributed by atoms with E-state index in [1.54, 1.807) is 12.1 Å². The number of nitrogens with one attached hydrogen (secondary N) is 1. The number of rotatable bonds is 4. The number of anilines is 1. The zero-order valence-corrected chi connectivity index (χ0v) is 12.7. The number of aryl methyl sites for hydroxylation is 2. The molecule has 116 valence electrons. The number of hydrazine groups is 2. The molecule has 0 heterocycles. The van der Waals surface area contributed by atoms with Crippen LogP contribution >= 0.6 is 0 Å². The molecule has 2 rings (SSSR count). The number of nitrogens with two attached hydrogens (primary N) is 2. The minimum absolute atomic E-state index is 0.297. The Morgan fingerprint density at radius 3 is 2.64 bits per heavy atom. The Morgan fingerprint density at radius 1 is 1.23 bits per heavy atom. The lowest BCUT2D eigenvalue weighted by Crippen LogP contribution is -2.48. The van der Waals surface area contributed by atoms with Crippen LogP contribution < -0.4 is 26.9 Å². The molecule has 0 aliphatic carbocycles. The minimum atomic E-state index is -0.598. The molecule has 0 spiro atoms. The molecule has 0 aliphatic heterocycles. The molecule has 0 aliphatic rings. The average molecular weight is 300 g/mol. The molecule has 0 atom stereocenters. The molecule has 0 aromatic heterocycles. The maximum atomic E-state index is 11.6. The van der Waals surface area contributed by atoms with Crippen LogP contribution in [0.5, 0.6) is 5.75 Å². The molecule has 0 unspecified atom stereocenters. The van der Waals surface area contributed by atoms with Crippen molar-refractivity contribution in [3.05, 3.63) is 59.2 Å². The monoisotopic (exact) mass is 300 g/mol. The van der Waals surface area contributed by atoms with E-state index in [2.05, 4.69) is 6.07 Å². The lowest BCUT2D eigenvalue weighted by atomic mass is 10.1. The molecular formula is C16H20N4O2. The van der Waals surface area contributed by atoms with E-state index in [-0.39, 0.29) is 0 Å². The van der Waals surface area contributed by atoms with Crippen LogP contribution in [-0.4, -0.2) is 6.03 Å². The summed E-state index contributed by atoms with van der Waals surface area (Å²) >= 11 is 0. The fourth-order valence-corrected chi connectivity index (χ4v) is 2.16. The van der Waals surface area contributed by atoms with Gasteiger partial charge in [-0.2, -0.15) is 0 Å². The van der Waals surface area contributed by atoms with Gasteiger partial charge in [0.1, 0.15) is 12.4 Å². The summed E-state index contributed by atoms with van der Waals surface area (Å²) in [5.74, 6) is 11.7. The summed E-state index contributed by atoms with van der Waals surface area (Å²) in [4.78, 5) is 11.6. The number of benzene rings is 2. The summed E-state index contributed by atoms with van der Waals surface area (Å²) < 4.78 is 5.84. The fraction of sp³-hybridized carbons (Fsp3) is 0.188. The second-order valence-electron chi connectivity index (χ2n) is 5.01. The number of carbonyl (C=O) groups excluding carboxylic acids is 1. The van der Waals surface area contributed by atoms with Crippen LogP contribution in [0.25, 0.3) is 0 Å². The van der Waals surface area contributed by atoms with Crippen LogP contribution in [0, 0.1) is 13.8 Å². The third-order valence-corrected chi connectivity index (χ3v) is 3.31. The first-order valence-electron chi connectivity index (χ1n) is 6.86. The number of hydrogen-bond acceptors (Lipinski definition) is 4. The van der Waals surface area contributed by atoms with Gasteiger partial charge in [-0.15, -0.1) is 0 Å². The van der Waals surface area contributed by atoms with Crippen molar-refractivity contribution in [1.29, 1.82) is 0 Å². The van der Waals surface area contributed by atoms with Gasteiger partial charge in [0.2, 0.25) is 0 Å². The summed E-state index contributed by atoms with van der Waals surface area (Å²) in [6.45, 7) is 4.32. The molecule has 0 saturated heterocycles. The Kier molecular flexibility index (Phi) is 4.98. The standard InChI is InChI=1S/C16H20N4O2/c1-11-7-8-15(12(2)9-11)22-10-13-5-3-4-6-14(13)20(18)16(21)19-17/h3-9H,10,17-18H2,1-2H3,(H,19,21). The van der Waals surface area contributed by atoms with E-state index in [4.69, 9.17) is 16.4 Å². The third kappa shape index (κ3) is 3.55. The Bertz CT molecular complexity index is 673. The lowest BCUT2D eigenvalue weighted by molar-refractivity contribution is 0.246. The van der Waals surface area contributed by atoms with Gasteiger partial charge in [0.05, 0.1) is 5.69 Å². The van der Waals surface area contributed by atoms with Crippen molar-refractivity contribution in [2.75, 3.05) is 5.01 Å². The number of amides is 2. The highest BCUT2D eigenvalue weighted by atomic mass is 16.5. The van der Waals surface area contributed by atoms with Crippen molar-refractivity contribution in [3.63, 3.8) is 0 Å². The van der Waals surface area contributed by atoms with Gasteiger partial charge in [-0.3, -0.25) is 5.43 Å². The van der Waals surface area contributed by atoms with Gasteiger partial charge in [-0.25, -0.2) is 21.5 Å². The maximum Gasteiger partial charge on any atom is 0.350 e. The van der Waals surface area contributed by atoms with E-state index in [1.807, 2.05) is 43.5 Å². The molecule has 0 saturated carbocycles. The molecule has 6 nitrogen and oxygen atoms in total. The highest BCUT2D eigenvalue weighted by molar-refractivity contribution is 5.91. The molecule has 22 heavy (non-hydrogen) atoms. The first kappa shape index (κ1) is 15.8. The highest BCUT2D eigenvalue weighted by Gasteiger charge is 2.14. The van der Waals surface area contributed by atoms with E-state index < -0.39 is 6.03 Å². The Labute approximate surface area is 129 Å². The SMILES string of the molecule is Cc1ccc(OCc2ccccc2N(N)C(=O)NN)c(C)c1. The van der Waals surface area contributed by atoms with E-state index >= 15 is 0 Å². The summed E-state index contributed by atoms with van der Waals surface area (Å²) in [6.07, 6.45) is 0. The van der Waals surface area contributed by atoms with Crippen molar-refractivity contribution >= 4 is 11.7 Å². The van der Waals surface area contributed by atoms with Gasteiger partial charge in [-0.1, -0.05) is 35.9 Å². The van der Waals surface area contributed by atoms with Crippen molar-refractivity contribution in [2.24, 2.45) is 11.7 Å². The second-order valence-corrected chi connectivity index (χ2v) is 5.01. The molecule has 2 aromatic carbocycles. The molecule has 2 amide bonds. The first-order valence-corrected chi connectivity index (χ1v) is 6.86. The summed E-state index contributed by atoms with van der Waals surface area (Å²) in [5.41, 5.74) is 5.56. The van der Waals surface area contributed by atoms with Gasteiger partial charge in [-0.05, 0) is 31.5 Å². The van der Waals surface area contributed by atoms with E-state index in [1.165, 1.54) is 5.56 Å². The molecule has 0 radical (unpaired) electrons. The zero-order valence-electron chi connectivity index (χ0n) is 12.7. The molecular weight excluding hydrogens is 280 g/mol. The van der Waals surface area contributed by atoms with Crippen LogP contribution in [0.2, 0.25) is 0 Å². The zero-order chi connectivity index (χ0) is 16.1. The summed E-state index contributed by atoms with van der Waals surface area (Å²) in [5, 5.41) is 0.959. The van der Waals surface area contributed by atoms with E-state index in [0.29, 0.717) is 12.3 Å². The van der Waals surface area contributed by atoms with Crippen LogP contribution in [0.15, 0.2) is 42.5 Å². The van der Waals surface area contributed by atoms with Crippen molar-refractivity contribution in [2.45, 2.75) is 20.5 Å². The van der Waals surface area contributed by atoms with Crippen LogP contribution in [0.1, 0.15) is 16.7 Å². The number of para-hydroxylation sites is 1. The van der Waals surface area contributed by atoms with Gasteiger partial charge < -0.3 is 4.74 Å². The van der Waals surface area contributed by atoms with Gasteiger partial charge in [0.15, 0.2) is 0 Å². The molecule has 5 N–H and O–H groups in total. The number of hydrogen-bond donors (Lipinski definition) is 3. The fourth-order valence-electron chi connectivity index (χ4n) is 2.16. The number of carbonyl (C=O) groups is 1. The predicted octanol–water partition coefficient (Wildman–Crippen LogP) is 2.15. The quantitative estimate of drug-likeness (QED) is 0.458. The number of nitrogens with zero attached hydrogens (tertiary/aromatic N) is 1. The number of ether oxygens (including phenoxy) is 1. The van der Waals surface area contributed by atoms with E-state index in [9.17, 15) is 4.79 Å². The van der Waals surface area contributed by atoms with Crippen molar-refractivity contribution in [3.8, 4) is 5.75 Å².